The third-order valence-electron chi connectivity index (χ3n) is 8.73. The van der Waals surface area contributed by atoms with Gasteiger partial charge in [0.05, 0.1) is 56.5 Å². The van der Waals surface area contributed by atoms with Crippen molar-refractivity contribution in [3.05, 3.63) is 54.1 Å². The summed E-state index contributed by atoms with van der Waals surface area (Å²) in [6.45, 7) is 8.32. The van der Waals surface area contributed by atoms with Crippen molar-refractivity contribution in [1.29, 1.82) is 0 Å². The van der Waals surface area contributed by atoms with Crippen LogP contribution in [0.25, 0.3) is 0 Å². The van der Waals surface area contributed by atoms with E-state index in [4.69, 9.17) is 32.7 Å². The molecule has 0 aromatic heterocycles. The summed E-state index contributed by atoms with van der Waals surface area (Å²) in [5, 5.41) is 14.5. The number of benzene rings is 2. The Bertz CT molecular complexity index is 1500. The maximum atomic E-state index is 13.9. The lowest BCUT2D eigenvalue weighted by molar-refractivity contribution is -0.0907. The Morgan fingerprint density at radius 2 is 1.68 bits per heavy atom. The monoisotopic (exact) mass is 742 g/mol. The maximum absolute atomic E-state index is 13.9. The number of nitrogens with one attached hydrogen (secondary N) is 1. The van der Waals surface area contributed by atoms with Crippen molar-refractivity contribution >= 4 is 23.7 Å². The fraction of sp³-hybridized carbons (Fsp3) is 0.618. The molecule has 6 atom stereocenters. The van der Waals surface area contributed by atoms with Crippen LogP contribution in [-0.2, 0) is 44.3 Å². The summed E-state index contributed by atoms with van der Waals surface area (Å²) < 4.78 is 80.2. The van der Waals surface area contributed by atoms with Crippen molar-refractivity contribution in [1.82, 2.24) is 9.62 Å². The van der Waals surface area contributed by atoms with E-state index in [1.807, 2.05) is 13.8 Å². The summed E-state index contributed by atoms with van der Waals surface area (Å²) in [5.74, 6) is 0.831. The number of rotatable bonds is 20. The molecule has 0 aliphatic carbocycles. The van der Waals surface area contributed by atoms with Gasteiger partial charge in [-0.15, -0.1) is 0 Å². The predicted octanol–water partition coefficient (Wildman–Crippen LogP) is 4.79. The lowest BCUT2D eigenvalue weighted by Crippen LogP contribution is -2.51. The lowest BCUT2D eigenvalue weighted by atomic mass is 10.0. The molecule has 14 nitrogen and oxygen atoms in total. The molecule has 0 unspecified atom stereocenters. The average Bonchev–Trinajstić information content (AvgIpc) is 3.72. The van der Waals surface area contributed by atoms with E-state index in [9.17, 15) is 22.9 Å². The Hall–Kier alpha value is -2.75. The van der Waals surface area contributed by atoms with E-state index < -0.39 is 48.3 Å². The minimum Gasteiger partial charge on any atom is -0.497 e. The molecule has 1 amide bonds. The molecule has 2 aromatic rings. The van der Waals surface area contributed by atoms with Gasteiger partial charge in [-0.25, -0.2) is 13.2 Å². The van der Waals surface area contributed by atoms with Crippen LogP contribution < -0.4 is 14.8 Å². The zero-order valence-electron chi connectivity index (χ0n) is 29.4. The Morgan fingerprint density at radius 1 is 1.02 bits per heavy atom. The van der Waals surface area contributed by atoms with Crippen LogP contribution in [0.3, 0.4) is 0 Å². The molecular weight excluding hydrogens is 691 g/mol. The zero-order valence-corrected chi connectivity index (χ0v) is 31.1. The highest BCUT2D eigenvalue weighted by atomic mass is 32.2. The van der Waals surface area contributed by atoms with Crippen molar-refractivity contribution in [3.63, 3.8) is 0 Å². The highest BCUT2D eigenvalue weighted by molar-refractivity contribution is 7.89. The van der Waals surface area contributed by atoms with Gasteiger partial charge in [0.1, 0.15) is 17.6 Å². The Kier molecular flexibility index (Phi) is 14.9. The Labute approximate surface area is 295 Å². The molecule has 4 rings (SSSR count). The zero-order chi connectivity index (χ0) is 36.3. The van der Waals surface area contributed by atoms with Crippen LogP contribution in [0.4, 0.5) is 4.79 Å². The van der Waals surface area contributed by atoms with E-state index in [0.717, 1.165) is 0 Å². The van der Waals surface area contributed by atoms with Gasteiger partial charge in [-0.1, -0.05) is 32.4 Å². The molecule has 0 radical (unpaired) electrons. The summed E-state index contributed by atoms with van der Waals surface area (Å²) in [5.41, 5.74) is 0.708. The number of carbonyl (C=O) groups excluding carboxylic acids is 1. The molecule has 2 saturated heterocycles. The number of alkyl carbamates (subject to hydrolysis) is 1. The molecule has 2 N–H and O–H groups in total. The predicted molar refractivity (Wildman–Crippen MR) is 185 cm³/mol. The minimum absolute atomic E-state index is 0.0103. The van der Waals surface area contributed by atoms with Crippen LogP contribution in [0.5, 0.6) is 11.5 Å². The van der Waals surface area contributed by atoms with Crippen molar-refractivity contribution < 1.29 is 55.6 Å². The topological polar surface area (TPSA) is 168 Å². The number of ether oxygens (including phenoxy) is 5. The third-order valence-corrected chi connectivity index (χ3v) is 12.3. The molecule has 280 valence electrons. The molecular formula is C34H51N2O12PS. The fourth-order valence-corrected chi connectivity index (χ4v) is 8.66. The van der Waals surface area contributed by atoms with Crippen molar-refractivity contribution in [3.8, 4) is 11.5 Å². The first-order chi connectivity index (χ1) is 23.9. The van der Waals surface area contributed by atoms with Crippen molar-refractivity contribution in [2.24, 2.45) is 11.8 Å². The number of fused-ring (bicyclic) bond motifs is 1. The van der Waals surface area contributed by atoms with Crippen LogP contribution in [-0.4, -0.2) is 101 Å². The number of carbonyl (C=O) groups is 1. The number of hydrogen-bond donors (Lipinski definition) is 2. The number of nitrogens with zero attached hydrogens (tertiary/aromatic N) is 1. The second-order valence-electron chi connectivity index (χ2n) is 12.4. The molecule has 50 heavy (non-hydrogen) atoms. The van der Waals surface area contributed by atoms with Crippen LogP contribution >= 0.6 is 7.60 Å². The van der Waals surface area contributed by atoms with E-state index >= 15 is 0 Å². The number of aliphatic hydroxyl groups is 1. The van der Waals surface area contributed by atoms with Gasteiger partial charge in [-0.3, -0.25) is 4.57 Å². The molecule has 2 aliphatic rings. The first-order valence-electron chi connectivity index (χ1n) is 17.0. The molecule has 0 saturated carbocycles. The molecule has 0 spiro atoms. The molecule has 2 fully saturated rings. The second kappa shape index (κ2) is 18.7. The van der Waals surface area contributed by atoms with E-state index in [1.54, 1.807) is 50.2 Å². The molecule has 0 bridgehead atoms. The minimum atomic E-state index is -4.04. The Balaban J connectivity index is 1.53. The summed E-state index contributed by atoms with van der Waals surface area (Å²) in [7, 11) is -5.97. The molecule has 2 heterocycles. The number of aliphatic hydroxyl groups excluding tert-OH is 1. The van der Waals surface area contributed by atoms with E-state index in [-0.39, 0.29) is 62.4 Å². The lowest BCUT2D eigenvalue weighted by Gasteiger charge is -2.31. The van der Waals surface area contributed by atoms with Gasteiger partial charge < -0.3 is 43.2 Å². The van der Waals surface area contributed by atoms with Crippen LogP contribution in [0.15, 0.2) is 53.4 Å². The summed E-state index contributed by atoms with van der Waals surface area (Å²) in [4.78, 5) is 13.3. The maximum Gasteiger partial charge on any atom is 0.407 e. The number of amides is 1. The van der Waals surface area contributed by atoms with Gasteiger partial charge in [-0.2, -0.15) is 4.31 Å². The van der Waals surface area contributed by atoms with Crippen molar-refractivity contribution in [2.45, 2.75) is 76.4 Å². The highest BCUT2D eigenvalue weighted by Crippen LogP contribution is 2.47. The first kappa shape index (κ1) is 40.0. The number of methoxy groups -OCH3 is 1. The van der Waals surface area contributed by atoms with Crippen molar-refractivity contribution in [2.75, 3.05) is 53.0 Å². The van der Waals surface area contributed by atoms with Gasteiger partial charge in [0.15, 0.2) is 12.6 Å². The quantitative estimate of drug-likeness (QED) is 0.178. The smallest absolute Gasteiger partial charge is 0.407 e. The normalized spacial score (nSPS) is 21.0. The third kappa shape index (κ3) is 10.9. The largest absolute Gasteiger partial charge is 0.497 e. The fourth-order valence-electron chi connectivity index (χ4n) is 5.77. The molecule has 2 aliphatic heterocycles. The van der Waals surface area contributed by atoms with E-state index in [1.165, 1.54) is 23.5 Å². The van der Waals surface area contributed by atoms with Crippen LogP contribution in [0.2, 0.25) is 0 Å². The van der Waals surface area contributed by atoms with Gasteiger partial charge >= 0.3 is 13.7 Å². The molecule has 16 heteroatoms. The van der Waals surface area contributed by atoms with Gasteiger partial charge in [0, 0.05) is 13.1 Å². The SMILES string of the molecule is CCOP(=O)(COc1ccc(C[C@H](NC(=O)O[C@H]2CO[C@H]3OCC[C@H]32)[C@H](O)CN(C[C@@H](C)CC)S(=O)(=O)c2ccc(OC)cc2)cc1)OCC. The standard InChI is InChI=1S/C34H51N2O12PS/c1-6-24(4)20-36(50(40,41)28-15-13-26(42-5)14-16-28)21-31(37)30(35-34(38)48-32-22-44-33-29(32)17-18-43-33)19-25-9-11-27(12-10-25)45-23-49(39,46-7-2)47-8-3/h9-16,24,29-33,37H,6-8,17-23H2,1-5H3,(H,35,38)/t24-,29-,30-,31+,32-,33+/m0/s1. The summed E-state index contributed by atoms with van der Waals surface area (Å²) in [6, 6.07) is 11.9. The van der Waals surface area contributed by atoms with Gasteiger partial charge in [0.25, 0.3) is 0 Å². The van der Waals surface area contributed by atoms with E-state index in [2.05, 4.69) is 5.32 Å². The molecule has 2 aromatic carbocycles. The summed E-state index contributed by atoms with van der Waals surface area (Å²) in [6.07, 6.45) is -1.75. The van der Waals surface area contributed by atoms with Gasteiger partial charge in [-0.05, 0) is 74.6 Å². The number of sulfonamides is 1. The highest BCUT2D eigenvalue weighted by Gasteiger charge is 2.44. The number of hydrogen-bond acceptors (Lipinski definition) is 12. The van der Waals surface area contributed by atoms with E-state index in [0.29, 0.717) is 36.5 Å². The van der Waals surface area contributed by atoms with Gasteiger partial charge in [0.2, 0.25) is 10.0 Å². The summed E-state index contributed by atoms with van der Waals surface area (Å²) >= 11 is 0. The van der Waals surface area contributed by atoms with Crippen LogP contribution in [0, 0.1) is 11.8 Å². The second-order valence-corrected chi connectivity index (χ2v) is 16.3. The Morgan fingerprint density at radius 3 is 2.30 bits per heavy atom. The first-order valence-corrected chi connectivity index (χ1v) is 20.2. The van der Waals surface area contributed by atoms with Crippen LogP contribution in [0.1, 0.15) is 46.1 Å². The average molecular weight is 743 g/mol.